The van der Waals surface area contributed by atoms with Crippen molar-refractivity contribution >= 4 is 0 Å². The van der Waals surface area contributed by atoms with Crippen molar-refractivity contribution in [3.63, 3.8) is 0 Å². The zero-order chi connectivity index (χ0) is 15.1. The zero-order valence-corrected chi connectivity index (χ0v) is 12.4. The maximum atomic E-state index is 9.73. The first-order valence-corrected chi connectivity index (χ1v) is 7.01. The monoisotopic (exact) mass is 287 g/mol. The van der Waals surface area contributed by atoms with Crippen molar-refractivity contribution < 1.29 is 14.6 Å². The minimum atomic E-state index is 0.162. The smallest absolute Gasteiger partial charge is 0.160 e. The highest BCUT2D eigenvalue weighted by Crippen LogP contribution is 2.26. The fourth-order valence-electron chi connectivity index (χ4n) is 2.11. The summed E-state index contributed by atoms with van der Waals surface area (Å²) in [6, 6.07) is 13.4. The summed E-state index contributed by atoms with van der Waals surface area (Å²) in [7, 11) is 1.54. The van der Waals surface area contributed by atoms with E-state index in [-0.39, 0.29) is 5.75 Å². The maximum Gasteiger partial charge on any atom is 0.160 e. The molecule has 2 aromatic rings. The largest absolute Gasteiger partial charge is 0.504 e. The Morgan fingerprint density at radius 3 is 2.48 bits per heavy atom. The quantitative estimate of drug-likeness (QED) is 0.821. The normalized spacial score (nSPS) is 10.4. The number of rotatable bonds is 7. The third kappa shape index (κ3) is 4.39. The van der Waals surface area contributed by atoms with Crippen LogP contribution in [-0.2, 0) is 13.1 Å². The molecule has 112 valence electrons. The summed E-state index contributed by atoms with van der Waals surface area (Å²) in [5.74, 6) is 1.54. The first-order chi connectivity index (χ1) is 10.2. The molecule has 0 atom stereocenters. The second kappa shape index (κ2) is 7.55. The lowest BCUT2D eigenvalue weighted by Crippen LogP contribution is -2.12. The topological polar surface area (TPSA) is 50.7 Å². The Kier molecular flexibility index (Phi) is 5.46. The molecule has 0 unspecified atom stereocenters. The molecule has 0 radical (unpaired) electrons. The van der Waals surface area contributed by atoms with Gasteiger partial charge in [0.15, 0.2) is 11.5 Å². The van der Waals surface area contributed by atoms with Gasteiger partial charge in [-0.3, -0.25) is 0 Å². The summed E-state index contributed by atoms with van der Waals surface area (Å²) >= 11 is 0. The van der Waals surface area contributed by atoms with Crippen molar-refractivity contribution in [3.05, 3.63) is 53.6 Å². The highest BCUT2D eigenvalue weighted by molar-refractivity contribution is 5.41. The summed E-state index contributed by atoms with van der Waals surface area (Å²) < 4.78 is 10.5. The van der Waals surface area contributed by atoms with Gasteiger partial charge in [0, 0.05) is 13.1 Å². The Morgan fingerprint density at radius 1 is 1.05 bits per heavy atom. The molecule has 0 aliphatic rings. The summed E-state index contributed by atoms with van der Waals surface area (Å²) in [4.78, 5) is 0. The van der Waals surface area contributed by atoms with Gasteiger partial charge >= 0.3 is 0 Å². The predicted molar refractivity (Wildman–Crippen MR) is 82.8 cm³/mol. The standard InChI is InChI=1S/C17H21NO3/c1-3-21-15-6-4-5-13(9-15)11-18-12-14-7-8-17(20-2)16(19)10-14/h4-10,18-19H,3,11-12H2,1-2H3. The summed E-state index contributed by atoms with van der Waals surface area (Å²) in [5.41, 5.74) is 2.17. The molecule has 21 heavy (non-hydrogen) atoms. The second-order valence-electron chi connectivity index (χ2n) is 4.69. The minimum Gasteiger partial charge on any atom is -0.504 e. The molecule has 0 aromatic heterocycles. The highest BCUT2D eigenvalue weighted by atomic mass is 16.5. The van der Waals surface area contributed by atoms with Gasteiger partial charge in [0.1, 0.15) is 5.75 Å². The van der Waals surface area contributed by atoms with Crippen LogP contribution >= 0.6 is 0 Å². The molecule has 0 bridgehead atoms. The number of phenols is 1. The molecule has 0 spiro atoms. The van der Waals surface area contributed by atoms with E-state index in [4.69, 9.17) is 9.47 Å². The Bertz CT molecular complexity index is 584. The summed E-state index contributed by atoms with van der Waals surface area (Å²) in [6.45, 7) is 4.06. The highest BCUT2D eigenvalue weighted by Gasteiger charge is 2.02. The second-order valence-corrected chi connectivity index (χ2v) is 4.69. The van der Waals surface area contributed by atoms with Gasteiger partial charge in [-0.25, -0.2) is 0 Å². The van der Waals surface area contributed by atoms with E-state index < -0.39 is 0 Å². The molecule has 0 fully saturated rings. The van der Waals surface area contributed by atoms with Crippen LogP contribution < -0.4 is 14.8 Å². The van der Waals surface area contributed by atoms with Crippen LogP contribution in [0.15, 0.2) is 42.5 Å². The molecule has 0 aliphatic carbocycles. The molecule has 0 saturated heterocycles. The third-order valence-corrected chi connectivity index (χ3v) is 3.11. The zero-order valence-electron chi connectivity index (χ0n) is 12.4. The molecule has 0 amide bonds. The van der Waals surface area contributed by atoms with Crippen molar-refractivity contribution in [1.82, 2.24) is 5.32 Å². The number of phenolic OH excluding ortho intramolecular Hbond substituents is 1. The Hall–Kier alpha value is -2.20. The van der Waals surface area contributed by atoms with Gasteiger partial charge in [-0.15, -0.1) is 0 Å². The molecule has 0 saturated carbocycles. The molecular formula is C17H21NO3. The number of benzene rings is 2. The van der Waals surface area contributed by atoms with Gasteiger partial charge in [0.2, 0.25) is 0 Å². The van der Waals surface area contributed by atoms with Gasteiger partial charge < -0.3 is 19.9 Å². The number of hydrogen-bond acceptors (Lipinski definition) is 4. The van der Waals surface area contributed by atoms with E-state index in [0.717, 1.165) is 17.9 Å². The SMILES string of the molecule is CCOc1cccc(CNCc2ccc(OC)c(O)c2)c1. The molecule has 4 nitrogen and oxygen atoms in total. The van der Waals surface area contributed by atoms with Crippen LogP contribution in [0.2, 0.25) is 0 Å². The molecule has 4 heteroatoms. The number of methoxy groups -OCH3 is 1. The molecule has 2 N–H and O–H groups in total. The van der Waals surface area contributed by atoms with Crippen LogP contribution in [0, 0.1) is 0 Å². The lowest BCUT2D eigenvalue weighted by atomic mass is 10.2. The number of aromatic hydroxyl groups is 1. The van der Waals surface area contributed by atoms with Crippen molar-refractivity contribution in [2.45, 2.75) is 20.0 Å². The van der Waals surface area contributed by atoms with Gasteiger partial charge in [0.05, 0.1) is 13.7 Å². The van der Waals surface area contributed by atoms with Crippen molar-refractivity contribution in [1.29, 1.82) is 0 Å². The fraction of sp³-hybridized carbons (Fsp3) is 0.294. The van der Waals surface area contributed by atoms with E-state index in [0.29, 0.717) is 18.9 Å². The average molecular weight is 287 g/mol. The third-order valence-electron chi connectivity index (χ3n) is 3.11. The van der Waals surface area contributed by atoms with Gasteiger partial charge in [-0.2, -0.15) is 0 Å². The molecule has 0 aliphatic heterocycles. The van der Waals surface area contributed by atoms with Crippen LogP contribution in [0.3, 0.4) is 0 Å². The first kappa shape index (κ1) is 15.2. The van der Waals surface area contributed by atoms with Crippen molar-refractivity contribution in [3.8, 4) is 17.2 Å². The van der Waals surface area contributed by atoms with Gasteiger partial charge in [-0.1, -0.05) is 18.2 Å². The Labute approximate surface area is 125 Å². The van der Waals surface area contributed by atoms with Crippen molar-refractivity contribution in [2.75, 3.05) is 13.7 Å². The van der Waals surface area contributed by atoms with E-state index in [1.165, 1.54) is 5.56 Å². The molecule has 2 rings (SSSR count). The number of hydrogen-bond donors (Lipinski definition) is 2. The molecule has 0 heterocycles. The van der Waals surface area contributed by atoms with E-state index in [9.17, 15) is 5.11 Å². The predicted octanol–water partition coefficient (Wildman–Crippen LogP) is 3.09. The van der Waals surface area contributed by atoms with Crippen LogP contribution in [-0.4, -0.2) is 18.8 Å². The average Bonchev–Trinajstić information content (AvgIpc) is 2.48. The molecular weight excluding hydrogens is 266 g/mol. The van der Waals surface area contributed by atoms with Crippen LogP contribution in [0.5, 0.6) is 17.2 Å². The van der Waals surface area contributed by atoms with Crippen LogP contribution in [0.25, 0.3) is 0 Å². The summed E-state index contributed by atoms with van der Waals surface area (Å²) in [5, 5.41) is 13.1. The van der Waals surface area contributed by atoms with Gasteiger partial charge in [-0.05, 0) is 42.3 Å². The molecule has 2 aromatic carbocycles. The van der Waals surface area contributed by atoms with Crippen LogP contribution in [0.1, 0.15) is 18.1 Å². The van der Waals surface area contributed by atoms with Crippen LogP contribution in [0.4, 0.5) is 0 Å². The van der Waals surface area contributed by atoms with E-state index >= 15 is 0 Å². The van der Waals surface area contributed by atoms with Crippen molar-refractivity contribution in [2.24, 2.45) is 0 Å². The lowest BCUT2D eigenvalue weighted by Gasteiger charge is -2.09. The fourth-order valence-corrected chi connectivity index (χ4v) is 2.11. The number of nitrogens with one attached hydrogen (secondary N) is 1. The van der Waals surface area contributed by atoms with Gasteiger partial charge in [0.25, 0.3) is 0 Å². The Morgan fingerprint density at radius 2 is 1.81 bits per heavy atom. The van der Waals surface area contributed by atoms with E-state index in [1.54, 1.807) is 19.2 Å². The van der Waals surface area contributed by atoms with E-state index in [2.05, 4.69) is 11.4 Å². The minimum absolute atomic E-state index is 0.162. The number of ether oxygens (including phenoxy) is 2. The maximum absolute atomic E-state index is 9.73. The lowest BCUT2D eigenvalue weighted by molar-refractivity contribution is 0.340. The first-order valence-electron chi connectivity index (χ1n) is 7.01. The summed E-state index contributed by atoms with van der Waals surface area (Å²) in [6.07, 6.45) is 0. The van der Waals surface area contributed by atoms with E-state index in [1.807, 2.05) is 31.2 Å². The Balaban J connectivity index is 1.89.